The molecule has 0 aromatic heterocycles. The van der Waals surface area contributed by atoms with E-state index in [2.05, 4.69) is 0 Å². The van der Waals surface area contributed by atoms with Gasteiger partial charge in [0, 0.05) is 23.9 Å². The standard InChI is InChI=1S/C29H36N2O8/c1-31(2)23-17-12-14-11-16-15(19(33)10-13-6-4-3-5-7-13)8-9-18(32)21(16)24(34)20(14)26(36)29(17,39)27(37)22(25(23)35)28(30)38/h8-9,13-14,17,20,22-23,25,32,35,39H,3-7,10-12H2,1-2H3,(H2,30,38)/t14-,17-,20?,22?,23-,25?,29-/m1/s1. The van der Waals surface area contributed by atoms with Gasteiger partial charge in [0.1, 0.15) is 11.7 Å². The summed E-state index contributed by atoms with van der Waals surface area (Å²) >= 11 is 0. The van der Waals surface area contributed by atoms with Crippen LogP contribution in [0.3, 0.4) is 0 Å². The fourth-order valence-electron chi connectivity index (χ4n) is 7.85. The summed E-state index contributed by atoms with van der Waals surface area (Å²) in [5.41, 5.74) is 3.31. The molecule has 1 amide bonds. The number of aliphatic hydroxyl groups is 2. The molecular formula is C29H36N2O8. The predicted octanol–water partition coefficient (Wildman–Crippen LogP) is 0.812. The number of rotatable bonds is 5. The molecule has 0 saturated heterocycles. The van der Waals surface area contributed by atoms with E-state index in [1.807, 2.05) is 0 Å². The lowest BCUT2D eigenvalue weighted by molar-refractivity contribution is -0.190. The van der Waals surface area contributed by atoms with Crippen LogP contribution in [0.1, 0.15) is 71.2 Å². The maximum Gasteiger partial charge on any atom is 0.230 e. The number of carbonyl (C=O) groups excluding carboxylic acids is 5. The second-order valence-corrected chi connectivity index (χ2v) is 12.1. The van der Waals surface area contributed by atoms with Gasteiger partial charge in [-0.3, -0.25) is 24.0 Å². The number of aliphatic hydroxyl groups excluding tert-OH is 1. The van der Waals surface area contributed by atoms with Crippen molar-refractivity contribution in [2.24, 2.45) is 35.3 Å². The third-order valence-electron chi connectivity index (χ3n) is 9.67. The van der Waals surface area contributed by atoms with Crippen molar-refractivity contribution >= 4 is 29.0 Å². The minimum Gasteiger partial charge on any atom is -0.507 e. The van der Waals surface area contributed by atoms with Crippen LogP contribution in [-0.4, -0.2) is 81.1 Å². The number of primary amides is 1. The van der Waals surface area contributed by atoms with Crippen LogP contribution in [-0.2, 0) is 20.8 Å². The molecule has 3 saturated carbocycles. The van der Waals surface area contributed by atoms with Crippen molar-refractivity contribution in [3.63, 3.8) is 0 Å². The Balaban J connectivity index is 1.56. The fourth-order valence-corrected chi connectivity index (χ4v) is 7.85. The Bertz CT molecular complexity index is 1250. The first-order valence-corrected chi connectivity index (χ1v) is 13.8. The number of aromatic hydroxyl groups is 1. The average Bonchev–Trinajstić information content (AvgIpc) is 2.86. The van der Waals surface area contributed by atoms with Crippen molar-refractivity contribution in [2.45, 2.75) is 69.1 Å². The highest BCUT2D eigenvalue weighted by Crippen LogP contribution is 2.51. The number of likely N-dealkylation sites (N-methyl/N-ethyl adjacent to an activating group) is 1. The molecule has 0 bridgehead atoms. The highest BCUT2D eigenvalue weighted by atomic mass is 16.3. The summed E-state index contributed by atoms with van der Waals surface area (Å²) in [5, 5.41) is 33.3. The van der Waals surface area contributed by atoms with Crippen LogP contribution in [0.5, 0.6) is 5.75 Å². The van der Waals surface area contributed by atoms with Gasteiger partial charge >= 0.3 is 0 Å². The quantitative estimate of drug-likeness (QED) is 0.311. The Kier molecular flexibility index (Phi) is 7.01. The van der Waals surface area contributed by atoms with Crippen LogP contribution < -0.4 is 5.73 Å². The minimum absolute atomic E-state index is 0.0150. The molecule has 5 rings (SSSR count). The number of phenols is 1. The average molecular weight is 541 g/mol. The zero-order chi connectivity index (χ0) is 28.4. The molecule has 0 heterocycles. The molecule has 7 atom stereocenters. The summed E-state index contributed by atoms with van der Waals surface area (Å²) in [7, 11) is 3.19. The lowest BCUT2D eigenvalue weighted by Crippen LogP contribution is -2.75. The molecule has 10 nitrogen and oxygen atoms in total. The number of hydrogen-bond acceptors (Lipinski definition) is 9. The molecule has 4 aliphatic carbocycles. The van der Waals surface area contributed by atoms with Gasteiger partial charge < -0.3 is 26.0 Å². The van der Waals surface area contributed by atoms with E-state index in [0.717, 1.165) is 32.1 Å². The molecule has 4 aliphatic rings. The topological polar surface area (TPSA) is 175 Å². The van der Waals surface area contributed by atoms with E-state index in [1.165, 1.54) is 12.1 Å². The first kappa shape index (κ1) is 27.6. The molecule has 210 valence electrons. The number of benzene rings is 1. The number of Topliss-reactive ketones (excluding diaryl/α,β-unsaturated/α-hetero) is 4. The Morgan fingerprint density at radius 1 is 1.08 bits per heavy atom. The van der Waals surface area contributed by atoms with Crippen LogP contribution in [0.2, 0.25) is 0 Å². The molecular weight excluding hydrogens is 504 g/mol. The smallest absolute Gasteiger partial charge is 0.230 e. The molecule has 0 radical (unpaired) electrons. The molecule has 3 unspecified atom stereocenters. The van der Waals surface area contributed by atoms with Crippen LogP contribution in [0.4, 0.5) is 0 Å². The van der Waals surface area contributed by atoms with Crippen molar-refractivity contribution in [3.05, 3.63) is 28.8 Å². The van der Waals surface area contributed by atoms with Gasteiger partial charge in [0.05, 0.1) is 17.6 Å². The molecule has 5 N–H and O–H groups in total. The summed E-state index contributed by atoms with van der Waals surface area (Å²) in [6, 6.07) is 1.84. The van der Waals surface area contributed by atoms with Crippen molar-refractivity contribution in [3.8, 4) is 5.75 Å². The number of amides is 1. The van der Waals surface area contributed by atoms with E-state index in [0.29, 0.717) is 17.5 Å². The number of carbonyl (C=O) groups is 5. The van der Waals surface area contributed by atoms with Crippen LogP contribution in [0.25, 0.3) is 0 Å². The zero-order valence-electron chi connectivity index (χ0n) is 22.3. The number of fused-ring (bicyclic) bond motifs is 3. The maximum absolute atomic E-state index is 13.9. The predicted molar refractivity (Wildman–Crippen MR) is 138 cm³/mol. The lowest BCUT2D eigenvalue weighted by atomic mass is 9.52. The van der Waals surface area contributed by atoms with Crippen molar-refractivity contribution < 1.29 is 39.3 Å². The molecule has 10 heteroatoms. The largest absolute Gasteiger partial charge is 0.507 e. The maximum atomic E-state index is 13.9. The van der Waals surface area contributed by atoms with Crippen molar-refractivity contribution in [1.29, 1.82) is 0 Å². The van der Waals surface area contributed by atoms with Crippen LogP contribution in [0, 0.1) is 29.6 Å². The minimum atomic E-state index is -2.70. The summed E-state index contributed by atoms with van der Waals surface area (Å²) in [4.78, 5) is 68.2. The molecule has 0 spiro atoms. The Labute approximate surface area is 226 Å². The molecule has 1 aromatic rings. The van der Waals surface area contributed by atoms with Crippen LogP contribution in [0.15, 0.2) is 12.1 Å². The van der Waals surface area contributed by atoms with E-state index in [-0.39, 0.29) is 35.9 Å². The Hall–Kier alpha value is -2.95. The molecule has 39 heavy (non-hydrogen) atoms. The SMILES string of the molecule is CN(C)[C@H]1C(O)C(C(N)=O)C(=O)[C@]2(O)C(=O)C3C(=O)c4c(O)ccc(C(=O)CC5CCCCC5)c4C[C@@H]3C[C@H]12. The van der Waals surface area contributed by atoms with Gasteiger partial charge in [-0.25, -0.2) is 0 Å². The number of ketones is 4. The molecule has 3 fully saturated rings. The highest BCUT2D eigenvalue weighted by molar-refractivity contribution is 6.25. The summed E-state index contributed by atoms with van der Waals surface area (Å²) in [6.45, 7) is 0. The Morgan fingerprint density at radius 3 is 2.36 bits per heavy atom. The second kappa shape index (κ2) is 9.91. The Morgan fingerprint density at radius 2 is 1.74 bits per heavy atom. The highest BCUT2D eigenvalue weighted by Gasteiger charge is 2.69. The zero-order valence-corrected chi connectivity index (χ0v) is 22.3. The van der Waals surface area contributed by atoms with Gasteiger partial charge in [0.15, 0.2) is 28.7 Å². The van der Waals surface area contributed by atoms with E-state index < -0.39 is 64.7 Å². The van der Waals surface area contributed by atoms with Gasteiger partial charge in [-0.15, -0.1) is 0 Å². The number of nitrogens with zero attached hydrogens (tertiary/aromatic N) is 1. The molecule has 0 aliphatic heterocycles. The first-order valence-electron chi connectivity index (χ1n) is 13.8. The van der Waals surface area contributed by atoms with Gasteiger partial charge in [-0.1, -0.05) is 32.1 Å². The van der Waals surface area contributed by atoms with E-state index in [9.17, 15) is 39.3 Å². The molecule has 1 aromatic carbocycles. The van der Waals surface area contributed by atoms with E-state index >= 15 is 0 Å². The normalized spacial score (nSPS) is 34.8. The van der Waals surface area contributed by atoms with Gasteiger partial charge in [0.25, 0.3) is 0 Å². The van der Waals surface area contributed by atoms with Crippen molar-refractivity contribution in [1.82, 2.24) is 4.90 Å². The number of hydrogen-bond donors (Lipinski definition) is 4. The number of phenolic OH excluding ortho intramolecular Hbond substituents is 1. The van der Waals surface area contributed by atoms with Crippen LogP contribution >= 0.6 is 0 Å². The van der Waals surface area contributed by atoms with Gasteiger partial charge in [-0.2, -0.15) is 0 Å². The summed E-state index contributed by atoms with van der Waals surface area (Å²) in [5.74, 6) is -9.40. The van der Waals surface area contributed by atoms with Crippen molar-refractivity contribution in [2.75, 3.05) is 14.1 Å². The summed E-state index contributed by atoms with van der Waals surface area (Å²) in [6.07, 6.45) is 4.18. The summed E-state index contributed by atoms with van der Waals surface area (Å²) < 4.78 is 0. The van der Waals surface area contributed by atoms with Gasteiger partial charge in [-0.05, 0) is 56.5 Å². The second-order valence-electron chi connectivity index (χ2n) is 12.1. The third-order valence-corrected chi connectivity index (χ3v) is 9.67. The first-order chi connectivity index (χ1) is 18.4. The lowest BCUT2D eigenvalue weighted by Gasteiger charge is -2.54. The van der Waals surface area contributed by atoms with Gasteiger partial charge in [0.2, 0.25) is 5.91 Å². The van der Waals surface area contributed by atoms with E-state index in [1.54, 1.807) is 19.0 Å². The van der Waals surface area contributed by atoms with E-state index in [4.69, 9.17) is 5.73 Å². The number of nitrogens with two attached hydrogens (primary N) is 1. The third kappa shape index (κ3) is 4.15. The fraction of sp³-hybridized carbons (Fsp3) is 0.621. The monoisotopic (exact) mass is 540 g/mol.